The van der Waals surface area contributed by atoms with Gasteiger partial charge in [0.15, 0.2) is 0 Å². The maximum Gasteiger partial charge on any atom is 0.237 e. The number of hydrogen-bond acceptors (Lipinski definition) is 3. The highest BCUT2D eigenvalue weighted by Crippen LogP contribution is 2.45. The second-order valence-corrected chi connectivity index (χ2v) is 10.5. The molecule has 0 saturated carbocycles. The molecule has 2 aliphatic rings. The third-order valence-corrected chi connectivity index (χ3v) is 7.57. The van der Waals surface area contributed by atoms with E-state index in [4.69, 9.17) is 0 Å². The van der Waals surface area contributed by atoms with Crippen molar-refractivity contribution in [2.75, 3.05) is 26.7 Å². The van der Waals surface area contributed by atoms with E-state index in [1.165, 1.54) is 11.1 Å². The van der Waals surface area contributed by atoms with Gasteiger partial charge in [-0.3, -0.25) is 19.1 Å². The van der Waals surface area contributed by atoms with Crippen LogP contribution in [0.3, 0.4) is 0 Å². The van der Waals surface area contributed by atoms with Crippen molar-refractivity contribution in [1.29, 1.82) is 0 Å². The molecule has 2 heterocycles. The zero-order valence-electron chi connectivity index (χ0n) is 19.3. The van der Waals surface area contributed by atoms with Gasteiger partial charge in [-0.1, -0.05) is 39.0 Å². The Hall–Kier alpha value is -1.92. The Morgan fingerprint density at radius 1 is 1.19 bits per heavy atom. The van der Waals surface area contributed by atoms with Crippen LogP contribution in [0.25, 0.3) is 16.5 Å². The van der Waals surface area contributed by atoms with E-state index in [1.54, 1.807) is 0 Å². The monoisotopic (exact) mass is 485 g/mol. The number of rotatable bonds is 3. The number of carbonyl (C=O) groups is 2. The molecule has 6 heteroatoms. The Labute approximate surface area is 193 Å². The van der Waals surface area contributed by atoms with Gasteiger partial charge in [0.1, 0.15) is 0 Å². The minimum absolute atomic E-state index is 0.0783. The minimum Gasteiger partial charge on any atom is -0.343 e. The lowest BCUT2D eigenvalue weighted by atomic mass is 9.79. The Kier molecular flexibility index (Phi) is 5.67. The third-order valence-electron chi connectivity index (χ3n) is 6.73. The van der Waals surface area contributed by atoms with Crippen molar-refractivity contribution in [2.24, 2.45) is 11.3 Å². The van der Waals surface area contributed by atoms with Crippen molar-refractivity contribution in [3.63, 3.8) is 0 Å². The average Bonchev–Trinajstić information content (AvgIpc) is 3.00. The number of fused-ring (bicyclic) bond motifs is 2. The van der Waals surface area contributed by atoms with E-state index in [-0.39, 0.29) is 23.8 Å². The zero-order chi connectivity index (χ0) is 22.7. The van der Waals surface area contributed by atoms with E-state index in [2.05, 4.69) is 40.0 Å². The lowest BCUT2D eigenvalue weighted by molar-refractivity contribution is -0.134. The first-order valence-corrected chi connectivity index (χ1v) is 12.0. The number of likely N-dealkylation sites (N-methyl/N-ethyl adjacent to an activating group) is 1. The highest BCUT2D eigenvalue weighted by Gasteiger charge is 2.39. The quantitative estimate of drug-likeness (QED) is 0.625. The van der Waals surface area contributed by atoms with Gasteiger partial charge in [0.25, 0.3) is 0 Å². The van der Waals surface area contributed by atoms with Crippen molar-refractivity contribution in [3.8, 4) is 0 Å². The lowest BCUT2D eigenvalue weighted by Crippen LogP contribution is -2.47. The molecule has 31 heavy (non-hydrogen) atoms. The molecular weight excluding hydrogens is 454 g/mol. The molecule has 0 bridgehead atoms. The molecule has 2 atom stereocenters. The lowest BCUT2D eigenvalue weighted by Gasteiger charge is -2.40. The highest BCUT2D eigenvalue weighted by molar-refractivity contribution is 9.10. The van der Waals surface area contributed by atoms with E-state index < -0.39 is 5.41 Å². The van der Waals surface area contributed by atoms with Gasteiger partial charge in [0.05, 0.1) is 16.0 Å². The number of aromatic nitrogens is 1. The number of carbonyl (C=O) groups excluding carboxylic acids is 2. The fourth-order valence-electron chi connectivity index (χ4n) is 5.05. The summed E-state index contributed by atoms with van der Waals surface area (Å²) in [6, 6.07) is 6.40. The molecule has 1 amide bonds. The van der Waals surface area contributed by atoms with Gasteiger partial charge in [-0.05, 0) is 66.0 Å². The zero-order valence-corrected chi connectivity index (χ0v) is 20.9. The number of amides is 1. The standard InChI is InChI=1S/C25H32BrN3O2/c1-7-28(8-2)23(30)15-12-17-16-10-9-11-19-21(16)18(13-20(17)27(6)14-15)22(26)29(19)24(31)25(3,4)5/h9-12,15,20H,7-8,13-14H2,1-6H3/t15-,20-/m1/s1. The predicted molar refractivity (Wildman–Crippen MR) is 129 cm³/mol. The molecule has 1 aliphatic carbocycles. The second kappa shape index (κ2) is 7.89. The van der Waals surface area contributed by atoms with Crippen molar-refractivity contribution in [2.45, 2.75) is 47.1 Å². The average molecular weight is 486 g/mol. The first kappa shape index (κ1) is 22.3. The van der Waals surface area contributed by atoms with E-state index in [0.717, 1.165) is 40.6 Å². The number of nitrogens with zero attached hydrogens (tertiary/aromatic N) is 3. The molecule has 1 aromatic heterocycles. The fourth-order valence-corrected chi connectivity index (χ4v) is 5.76. The maximum atomic E-state index is 13.3. The van der Waals surface area contributed by atoms with Crippen LogP contribution < -0.4 is 0 Å². The minimum atomic E-state index is -0.486. The molecule has 0 saturated heterocycles. The third kappa shape index (κ3) is 3.48. The maximum absolute atomic E-state index is 13.3. The summed E-state index contributed by atoms with van der Waals surface area (Å²) in [4.78, 5) is 30.6. The second-order valence-electron chi connectivity index (χ2n) is 9.76. The van der Waals surface area contributed by atoms with E-state index in [1.807, 2.05) is 56.2 Å². The van der Waals surface area contributed by atoms with Crippen molar-refractivity contribution >= 4 is 44.2 Å². The SMILES string of the molecule is CCN(CC)C(=O)[C@@H]1C=C2c3cccc4c3c(c(Br)n4C(=O)C(C)(C)C)C[C@H]2N(C)C1. The molecule has 1 aromatic carbocycles. The van der Waals surface area contributed by atoms with E-state index in [0.29, 0.717) is 6.54 Å². The van der Waals surface area contributed by atoms with Gasteiger partial charge >= 0.3 is 0 Å². The van der Waals surface area contributed by atoms with Crippen molar-refractivity contribution in [3.05, 3.63) is 40.0 Å². The Bertz CT molecular complexity index is 1090. The van der Waals surface area contributed by atoms with Crippen LogP contribution in [0.2, 0.25) is 0 Å². The largest absolute Gasteiger partial charge is 0.343 e. The number of hydrogen-bond donors (Lipinski definition) is 0. The molecule has 166 valence electrons. The highest BCUT2D eigenvalue weighted by atomic mass is 79.9. The van der Waals surface area contributed by atoms with Gasteiger partial charge in [-0.2, -0.15) is 0 Å². The van der Waals surface area contributed by atoms with Gasteiger partial charge in [-0.25, -0.2) is 0 Å². The summed E-state index contributed by atoms with van der Waals surface area (Å²) < 4.78 is 2.70. The first-order chi connectivity index (χ1) is 14.6. The van der Waals surface area contributed by atoms with Crippen LogP contribution in [-0.2, 0) is 11.2 Å². The Balaban J connectivity index is 1.89. The van der Waals surface area contributed by atoms with Crippen LogP contribution in [0.15, 0.2) is 28.9 Å². The summed E-state index contributed by atoms with van der Waals surface area (Å²) in [7, 11) is 2.11. The molecule has 4 rings (SSSR count). The fraction of sp³-hybridized carbons (Fsp3) is 0.520. The molecule has 0 spiro atoms. The molecule has 0 unspecified atom stereocenters. The summed E-state index contributed by atoms with van der Waals surface area (Å²) in [5.41, 5.74) is 4.00. The van der Waals surface area contributed by atoms with Crippen LogP contribution in [0.1, 0.15) is 50.5 Å². The Morgan fingerprint density at radius 2 is 1.87 bits per heavy atom. The first-order valence-electron chi connectivity index (χ1n) is 11.2. The van der Waals surface area contributed by atoms with Gasteiger partial charge in [0, 0.05) is 36.5 Å². The Morgan fingerprint density at radius 3 is 2.48 bits per heavy atom. The smallest absolute Gasteiger partial charge is 0.237 e. The van der Waals surface area contributed by atoms with Crippen LogP contribution in [-0.4, -0.2) is 58.9 Å². The van der Waals surface area contributed by atoms with Crippen molar-refractivity contribution in [1.82, 2.24) is 14.4 Å². The molecule has 1 aliphatic heterocycles. The van der Waals surface area contributed by atoms with Crippen LogP contribution in [0, 0.1) is 11.3 Å². The van der Waals surface area contributed by atoms with Crippen LogP contribution in [0.5, 0.6) is 0 Å². The van der Waals surface area contributed by atoms with Gasteiger partial charge in [0.2, 0.25) is 11.8 Å². The molecule has 2 aromatic rings. The predicted octanol–water partition coefficient (Wildman–Crippen LogP) is 4.83. The summed E-state index contributed by atoms with van der Waals surface area (Å²) in [5.74, 6) is 0.131. The van der Waals surface area contributed by atoms with Gasteiger partial charge < -0.3 is 4.90 Å². The molecule has 0 fully saturated rings. The normalized spacial score (nSPS) is 21.1. The topological polar surface area (TPSA) is 45.6 Å². The number of halogens is 1. The summed E-state index contributed by atoms with van der Waals surface area (Å²) in [6.45, 7) is 12.1. The van der Waals surface area contributed by atoms with Crippen LogP contribution >= 0.6 is 15.9 Å². The van der Waals surface area contributed by atoms with Gasteiger partial charge in [-0.15, -0.1) is 0 Å². The molecule has 0 radical (unpaired) electrons. The summed E-state index contributed by atoms with van der Waals surface area (Å²) in [5, 5.41) is 1.14. The van der Waals surface area contributed by atoms with E-state index in [9.17, 15) is 9.59 Å². The summed E-state index contributed by atoms with van der Waals surface area (Å²) in [6.07, 6.45) is 3.02. The molecule has 5 nitrogen and oxygen atoms in total. The number of benzene rings is 1. The summed E-state index contributed by atoms with van der Waals surface area (Å²) >= 11 is 3.77. The van der Waals surface area contributed by atoms with Crippen molar-refractivity contribution < 1.29 is 9.59 Å². The van der Waals surface area contributed by atoms with Crippen LogP contribution in [0.4, 0.5) is 0 Å². The molecule has 0 N–H and O–H groups in total. The van der Waals surface area contributed by atoms with E-state index >= 15 is 0 Å². The molecular formula is C25H32BrN3O2.